The zero-order valence-corrected chi connectivity index (χ0v) is 14.6. The van der Waals surface area contributed by atoms with Crippen LogP contribution < -0.4 is 5.32 Å². The van der Waals surface area contributed by atoms with Crippen molar-refractivity contribution < 1.29 is 9.90 Å². The molecule has 0 spiro atoms. The molecule has 5 nitrogen and oxygen atoms in total. The maximum Gasteiger partial charge on any atom is 0.255 e. The van der Waals surface area contributed by atoms with Gasteiger partial charge in [0.2, 0.25) is 0 Å². The van der Waals surface area contributed by atoms with Crippen molar-refractivity contribution >= 4 is 17.5 Å². The summed E-state index contributed by atoms with van der Waals surface area (Å²) < 4.78 is 0. The molecule has 0 saturated carbocycles. The third kappa shape index (κ3) is 5.37. The normalized spacial score (nSPS) is 17.9. The van der Waals surface area contributed by atoms with Crippen molar-refractivity contribution in [2.75, 3.05) is 45.8 Å². The first-order chi connectivity index (χ1) is 11.0. The Morgan fingerprint density at radius 2 is 1.96 bits per heavy atom. The molecule has 128 valence electrons. The van der Waals surface area contributed by atoms with Crippen molar-refractivity contribution in [3.05, 3.63) is 28.8 Å². The summed E-state index contributed by atoms with van der Waals surface area (Å²) in [4.78, 5) is 17.0. The lowest BCUT2D eigenvalue weighted by atomic mass is 10.1. The fraction of sp³-hybridized carbons (Fsp3) is 0.588. The van der Waals surface area contributed by atoms with Gasteiger partial charge in [-0.2, -0.15) is 0 Å². The molecule has 1 aliphatic heterocycles. The highest BCUT2D eigenvalue weighted by Crippen LogP contribution is 2.21. The molecule has 0 unspecified atom stereocenters. The molecule has 1 fully saturated rings. The van der Waals surface area contributed by atoms with E-state index >= 15 is 0 Å². The van der Waals surface area contributed by atoms with Crippen LogP contribution in [0.2, 0.25) is 5.02 Å². The van der Waals surface area contributed by atoms with Crippen molar-refractivity contribution in [2.24, 2.45) is 5.92 Å². The number of piperazine rings is 1. The third-order valence-electron chi connectivity index (χ3n) is 4.30. The topological polar surface area (TPSA) is 55.8 Å². The Kier molecular flexibility index (Phi) is 6.69. The fourth-order valence-electron chi connectivity index (χ4n) is 2.85. The van der Waals surface area contributed by atoms with Crippen LogP contribution in [0.25, 0.3) is 0 Å². The molecule has 1 saturated heterocycles. The van der Waals surface area contributed by atoms with E-state index in [-0.39, 0.29) is 17.2 Å². The van der Waals surface area contributed by atoms with Gasteiger partial charge >= 0.3 is 0 Å². The molecule has 0 radical (unpaired) electrons. The first kappa shape index (κ1) is 18.0. The number of halogens is 1. The summed E-state index contributed by atoms with van der Waals surface area (Å²) in [6.07, 6.45) is 0. The molecule has 23 heavy (non-hydrogen) atoms. The molecule has 1 amide bonds. The van der Waals surface area contributed by atoms with Gasteiger partial charge < -0.3 is 20.2 Å². The number of hydrogen-bond donors (Lipinski definition) is 2. The summed E-state index contributed by atoms with van der Waals surface area (Å²) >= 11 is 5.78. The lowest BCUT2D eigenvalue weighted by Gasteiger charge is -2.35. The van der Waals surface area contributed by atoms with Crippen molar-refractivity contribution in [1.29, 1.82) is 0 Å². The number of phenolic OH excluding ortho intramolecular Hbond substituents is 1. The molecule has 1 aromatic carbocycles. The predicted octanol–water partition coefficient (Wildman–Crippen LogP) is 2.05. The van der Waals surface area contributed by atoms with Gasteiger partial charge in [0.1, 0.15) is 5.75 Å². The fourth-order valence-corrected chi connectivity index (χ4v) is 3.02. The number of hydrogen-bond acceptors (Lipinski definition) is 4. The van der Waals surface area contributed by atoms with Gasteiger partial charge in [-0.1, -0.05) is 25.4 Å². The molecular weight excluding hydrogens is 314 g/mol. The van der Waals surface area contributed by atoms with Crippen LogP contribution in [-0.2, 0) is 0 Å². The molecule has 6 heteroatoms. The number of phenols is 1. The van der Waals surface area contributed by atoms with Crippen molar-refractivity contribution in [1.82, 2.24) is 15.1 Å². The summed E-state index contributed by atoms with van der Waals surface area (Å²) in [6.45, 7) is 11.4. The Morgan fingerprint density at radius 1 is 1.30 bits per heavy atom. The number of rotatable bonds is 6. The van der Waals surface area contributed by atoms with Gasteiger partial charge in [0, 0.05) is 44.3 Å². The highest BCUT2D eigenvalue weighted by molar-refractivity contribution is 6.30. The van der Waals surface area contributed by atoms with Gasteiger partial charge in [0.25, 0.3) is 5.91 Å². The van der Waals surface area contributed by atoms with Gasteiger partial charge in [-0.3, -0.25) is 4.79 Å². The first-order valence-electron chi connectivity index (χ1n) is 8.21. The number of nitrogens with zero attached hydrogens (tertiary/aromatic N) is 2. The molecule has 0 aromatic heterocycles. The minimum atomic E-state index is -0.262. The van der Waals surface area contributed by atoms with Crippen LogP contribution in [0.15, 0.2) is 18.2 Å². The zero-order valence-electron chi connectivity index (χ0n) is 13.9. The molecule has 2 rings (SSSR count). The molecule has 0 bridgehead atoms. The Balaban J connectivity index is 1.75. The summed E-state index contributed by atoms with van der Waals surface area (Å²) in [7, 11) is 0. The van der Waals surface area contributed by atoms with Crippen LogP contribution in [0.5, 0.6) is 5.75 Å². The summed E-state index contributed by atoms with van der Waals surface area (Å²) in [5, 5.41) is 13.1. The Morgan fingerprint density at radius 3 is 2.57 bits per heavy atom. The number of carbonyl (C=O) groups is 1. The van der Waals surface area contributed by atoms with E-state index in [2.05, 4.69) is 29.0 Å². The van der Waals surface area contributed by atoms with Gasteiger partial charge in [-0.25, -0.2) is 0 Å². The highest BCUT2D eigenvalue weighted by Gasteiger charge is 2.18. The first-order valence-corrected chi connectivity index (χ1v) is 8.58. The van der Waals surface area contributed by atoms with Crippen LogP contribution in [0.4, 0.5) is 0 Å². The van der Waals surface area contributed by atoms with Gasteiger partial charge in [-0.15, -0.1) is 0 Å². The Labute approximate surface area is 143 Å². The van der Waals surface area contributed by atoms with E-state index in [1.54, 1.807) is 12.1 Å². The van der Waals surface area contributed by atoms with Crippen LogP contribution in [0, 0.1) is 5.92 Å². The predicted molar refractivity (Wildman–Crippen MR) is 93.2 cm³/mol. The van der Waals surface area contributed by atoms with E-state index in [1.807, 2.05) is 0 Å². The second kappa shape index (κ2) is 8.52. The lowest BCUT2D eigenvalue weighted by molar-refractivity contribution is 0.0931. The van der Waals surface area contributed by atoms with Gasteiger partial charge in [0.05, 0.1) is 5.56 Å². The average molecular weight is 340 g/mol. The minimum Gasteiger partial charge on any atom is -0.507 e. The molecular formula is C17H26ClN3O2. The largest absolute Gasteiger partial charge is 0.507 e. The molecule has 1 atom stereocenters. The maximum absolute atomic E-state index is 12.1. The van der Waals surface area contributed by atoms with Crippen molar-refractivity contribution in [2.45, 2.75) is 13.8 Å². The number of aromatic hydroxyl groups is 1. The maximum atomic E-state index is 12.1. The Hall–Kier alpha value is -1.30. The molecule has 0 aliphatic carbocycles. The number of likely N-dealkylation sites (N-methyl/N-ethyl adjacent to an activating group) is 1. The van der Waals surface area contributed by atoms with E-state index in [4.69, 9.17) is 11.6 Å². The molecule has 1 heterocycles. The molecule has 1 aromatic rings. The number of nitrogens with one attached hydrogen (secondary N) is 1. The second-order valence-corrected chi connectivity index (χ2v) is 6.65. The van der Waals surface area contributed by atoms with Gasteiger partial charge in [0.15, 0.2) is 0 Å². The van der Waals surface area contributed by atoms with Gasteiger partial charge in [-0.05, 0) is 30.7 Å². The van der Waals surface area contributed by atoms with Crippen LogP contribution >= 0.6 is 11.6 Å². The van der Waals surface area contributed by atoms with Crippen LogP contribution in [0.1, 0.15) is 24.2 Å². The van der Waals surface area contributed by atoms with E-state index in [0.29, 0.717) is 17.5 Å². The quantitative estimate of drug-likeness (QED) is 0.833. The molecule has 1 aliphatic rings. The third-order valence-corrected chi connectivity index (χ3v) is 4.53. The zero-order chi connectivity index (χ0) is 16.8. The van der Waals surface area contributed by atoms with Crippen molar-refractivity contribution in [3.8, 4) is 5.75 Å². The van der Waals surface area contributed by atoms with Crippen LogP contribution in [-0.4, -0.2) is 66.6 Å². The van der Waals surface area contributed by atoms with E-state index in [1.165, 1.54) is 6.07 Å². The minimum absolute atomic E-state index is 0.0849. The molecule has 2 N–H and O–H groups in total. The number of amides is 1. The van der Waals surface area contributed by atoms with Crippen LogP contribution in [0.3, 0.4) is 0 Å². The summed E-state index contributed by atoms with van der Waals surface area (Å²) in [5.74, 6) is 0.0155. The second-order valence-electron chi connectivity index (χ2n) is 6.21. The summed E-state index contributed by atoms with van der Waals surface area (Å²) in [5.41, 5.74) is 0.262. The van der Waals surface area contributed by atoms with Crippen molar-refractivity contribution in [3.63, 3.8) is 0 Å². The lowest BCUT2D eigenvalue weighted by Crippen LogP contribution is -2.48. The monoisotopic (exact) mass is 339 g/mol. The standard InChI is InChI=1S/C17H26ClN3O2/c1-3-20-6-8-21(9-7-20)12-13(2)11-19-17(23)15-5-4-14(18)10-16(15)22/h4-5,10,13,22H,3,6-9,11-12H2,1-2H3,(H,19,23)/t13-/m1/s1. The highest BCUT2D eigenvalue weighted by atomic mass is 35.5. The SMILES string of the molecule is CCN1CCN(C[C@H](C)CNC(=O)c2ccc(Cl)cc2O)CC1. The van der Waals surface area contributed by atoms with E-state index < -0.39 is 0 Å². The van der Waals surface area contributed by atoms with E-state index in [9.17, 15) is 9.90 Å². The summed E-state index contributed by atoms with van der Waals surface area (Å²) in [6, 6.07) is 4.53. The van der Waals surface area contributed by atoms with E-state index in [0.717, 1.165) is 39.3 Å². The number of benzene rings is 1. The average Bonchev–Trinajstić information content (AvgIpc) is 2.53. The number of carbonyl (C=O) groups excluding carboxylic acids is 1. The Bertz CT molecular complexity index is 531. The smallest absolute Gasteiger partial charge is 0.255 e.